The van der Waals surface area contributed by atoms with Crippen LogP contribution in [0.2, 0.25) is 0 Å². The number of benzene rings is 2. The first-order chi connectivity index (χ1) is 13.3. The minimum absolute atomic E-state index is 0.0151. The van der Waals surface area contributed by atoms with E-state index in [1.165, 1.54) is 32.2 Å². The fraction of sp³-hybridized carbons (Fsp3) is 0.300. The van der Waals surface area contributed by atoms with E-state index in [9.17, 15) is 18.0 Å². The molecule has 0 heterocycles. The number of methoxy groups -OCH3 is 1. The normalized spacial score (nSPS) is 11.3. The number of nitrogens with zero attached hydrogens (tertiary/aromatic N) is 1. The summed E-state index contributed by atoms with van der Waals surface area (Å²) in [6.45, 7) is 3.02. The quantitative estimate of drug-likeness (QED) is 0.649. The van der Waals surface area contributed by atoms with E-state index in [1.54, 1.807) is 30.3 Å². The van der Waals surface area contributed by atoms with Crippen molar-refractivity contribution in [1.82, 2.24) is 4.31 Å². The van der Waals surface area contributed by atoms with Crippen LogP contribution in [0.3, 0.4) is 0 Å². The Morgan fingerprint density at radius 3 is 2.46 bits per heavy atom. The fourth-order valence-electron chi connectivity index (χ4n) is 2.66. The number of nitrogens with one attached hydrogen (secondary N) is 1. The molecule has 0 spiro atoms. The molecule has 0 aliphatic heterocycles. The summed E-state index contributed by atoms with van der Waals surface area (Å²) < 4.78 is 32.3. The monoisotopic (exact) mass is 404 g/mol. The van der Waals surface area contributed by atoms with Crippen LogP contribution in [0.5, 0.6) is 5.75 Å². The smallest absolute Gasteiger partial charge is 0.243 e. The maximum atomic E-state index is 13.0. The van der Waals surface area contributed by atoms with Gasteiger partial charge in [0.25, 0.3) is 0 Å². The molecule has 0 aliphatic carbocycles. The number of para-hydroxylation sites is 2. The number of ketones is 1. The van der Waals surface area contributed by atoms with Crippen molar-refractivity contribution in [2.24, 2.45) is 0 Å². The number of anilines is 1. The number of hydrogen-bond acceptors (Lipinski definition) is 5. The number of amides is 1. The summed E-state index contributed by atoms with van der Waals surface area (Å²) in [5.41, 5.74) is 0.762. The summed E-state index contributed by atoms with van der Waals surface area (Å²) in [5, 5.41) is 2.68. The molecular formula is C20H24N2O5S. The molecule has 0 radical (unpaired) electrons. The van der Waals surface area contributed by atoms with Gasteiger partial charge in [0.1, 0.15) is 5.75 Å². The molecule has 1 amide bonds. The van der Waals surface area contributed by atoms with Gasteiger partial charge in [0.05, 0.1) is 24.2 Å². The van der Waals surface area contributed by atoms with Crippen LogP contribution in [0.4, 0.5) is 5.69 Å². The number of Topliss-reactive ketones (excluding diaryl/α,β-unsaturated/α-hetero) is 1. The van der Waals surface area contributed by atoms with Gasteiger partial charge in [-0.05, 0) is 37.6 Å². The maximum absolute atomic E-state index is 13.0. The summed E-state index contributed by atoms with van der Waals surface area (Å²) in [4.78, 5) is 24.1. The first-order valence-electron chi connectivity index (χ1n) is 8.83. The van der Waals surface area contributed by atoms with E-state index in [-0.39, 0.29) is 23.8 Å². The number of hydrogen-bond donors (Lipinski definition) is 1. The average Bonchev–Trinajstić information content (AvgIpc) is 2.68. The second kappa shape index (κ2) is 9.48. The predicted octanol–water partition coefficient (Wildman–Crippen LogP) is 2.94. The molecule has 0 bridgehead atoms. The van der Waals surface area contributed by atoms with Crippen LogP contribution in [0, 0.1) is 0 Å². The molecule has 0 saturated carbocycles. The van der Waals surface area contributed by atoms with Gasteiger partial charge in [0.2, 0.25) is 15.9 Å². The molecule has 0 aromatic heterocycles. The molecule has 0 aliphatic rings. The average molecular weight is 404 g/mol. The van der Waals surface area contributed by atoms with Crippen molar-refractivity contribution in [2.45, 2.75) is 25.2 Å². The highest BCUT2D eigenvalue weighted by Gasteiger charge is 2.26. The highest BCUT2D eigenvalue weighted by molar-refractivity contribution is 7.89. The van der Waals surface area contributed by atoms with Gasteiger partial charge >= 0.3 is 0 Å². The van der Waals surface area contributed by atoms with Crippen molar-refractivity contribution >= 4 is 27.4 Å². The zero-order chi connectivity index (χ0) is 20.7. The fourth-order valence-corrected chi connectivity index (χ4v) is 4.19. The zero-order valence-corrected chi connectivity index (χ0v) is 17.0. The number of ether oxygens (including phenoxy) is 1. The van der Waals surface area contributed by atoms with Crippen LogP contribution in [0.15, 0.2) is 53.4 Å². The van der Waals surface area contributed by atoms with Gasteiger partial charge in [-0.3, -0.25) is 9.59 Å². The molecule has 2 aromatic carbocycles. The summed E-state index contributed by atoms with van der Waals surface area (Å²) in [5.74, 6) is -0.229. The Morgan fingerprint density at radius 2 is 1.82 bits per heavy atom. The van der Waals surface area contributed by atoms with E-state index in [4.69, 9.17) is 4.74 Å². The Morgan fingerprint density at radius 1 is 1.11 bits per heavy atom. The minimum atomic E-state index is -3.93. The molecule has 2 rings (SSSR count). The van der Waals surface area contributed by atoms with E-state index in [1.807, 2.05) is 6.92 Å². The van der Waals surface area contributed by atoms with Crippen molar-refractivity contribution in [3.8, 4) is 5.75 Å². The second-order valence-corrected chi connectivity index (χ2v) is 8.11. The molecule has 2 aromatic rings. The third-order valence-electron chi connectivity index (χ3n) is 4.05. The Balaban J connectivity index is 2.25. The van der Waals surface area contributed by atoms with Gasteiger partial charge in [0, 0.05) is 12.1 Å². The van der Waals surface area contributed by atoms with Gasteiger partial charge in [-0.2, -0.15) is 4.31 Å². The lowest BCUT2D eigenvalue weighted by Crippen LogP contribution is -2.38. The SMILES string of the molecule is CCCN(CC(=O)Nc1ccccc1OC)S(=O)(=O)c1cccc(C(C)=O)c1. The lowest BCUT2D eigenvalue weighted by atomic mass is 10.2. The Kier molecular flexibility index (Phi) is 7.31. The Bertz CT molecular complexity index is 957. The molecule has 0 atom stereocenters. The molecule has 0 unspecified atom stereocenters. The molecule has 1 N–H and O–H groups in total. The van der Waals surface area contributed by atoms with E-state index in [0.717, 1.165) is 4.31 Å². The van der Waals surface area contributed by atoms with Gasteiger partial charge in [-0.25, -0.2) is 8.42 Å². The van der Waals surface area contributed by atoms with Crippen LogP contribution in [0.1, 0.15) is 30.6 Å². The summed E-state index contributed by atoms with van der Waals surface area (Å²) in [6, 6.07) is 12.7. The number of carbonyl (C=O) groups is 2. The van der Waals surface area contributed by atoms with E-state index >= 15 is 0 Å². The molecule has 7 nitrogen and oxygen atoms in total. The molecule has 0 fully saturated rings. The summed E-state index contributed by atoms with van der Waals surface area (Å²) in [7, 11) is -2.45. The first kappa shape index (κ1) is 21.6. The third-order valence-corrected chi connectivity index (χ3v) is 5.89. The van der Waals surface area contributed by atoms with Crippen LogP contribution < -0.4 is 10.1 Å². The number of rotatable bonds is 9. The van der Waals surface area contributed by atoms with Crippen molar-refractivity contribution < 1.29 is 22.7 Å². The molecular weight excluding hydrogens is 380 g/mol. The van der Waals surface area contributed by atoms with Gasteiger partial charge < -0.3 is 10.1 Å². The van der Waals surface area contributed by atoms with Gasteiger partial charge in [0.15, 0.2) is 5.78 Å². The molecule has 8 heteroatoms. The lowest BCUT2D eigenvalue weighted by molar-refractivity contribution is -0.116. The lowest BCUT2D eigenvalue weighted by Gasteiger charge is -2.21. The minimum Gasteiger partial charge on any atom is -0.495 e. The van der Waals surface area contributed by atoms with E-state index in [2.05, 4.69) is 5.32 Å². The number of carbonyl (C=O) groups excluding carboxylic acids is 2. The Labute approximate surface area is 165 Å². The van der Waals surface area contributed by atoms with Crippen LogP contribution in [0.25, 0.3) is 0 Å². The zero-order valence-electron chi connectivity index (χ0n) is 16.1. The van der Waals surface area contributed by atoms with E-state index in [0.29, 0.717) is 23.4 Å². The highest BCUT2D eigenvalue weighted by atomic mass is 32.2. The third kappa shape index (κ3) is 5.17. The summed E-state index contributed by atoms with van der Waals surface area (Å²) in [6.07, 6.45) is 0.535. The van der Waals surface area contributed by atoms with Crippen molar-refractivity contribution in [3.63, 3.8) is 0 Å². The Hall–Kier alpha value is -2.71. The van der Waals surface area contributed by atoms with Crippen molar-refractivity contribution in [2.75, 3.05) is 25.5 Å². The topological polar surface area (TPSA) is 92.8 Å². The summed E-state index contributed by atoms with van der Waals surface area (Å²) >= 11 is 0. The largest absolute Gasteiger partial charge is 0.495 e. The molecule has 28 heavy (non-hydrogen) atoms. The molecule has 0 saturated heterocycles. The second-order valence-electron chi connectivity index (χ2n) is 6.17. The van der Waals surface area contributed by atoms with Gasteiger partial charge in [-0.1, -0.05) is 31.2 Å². The number of sulfonamides is 1. The molecule has 150 valence electrons. The standard InChI is InChI=1S/C20H24N2O5S/c1-4-12-22(14-20(24)21-18-10-5-6-11-19(18)27-3)28(25,26)17-9-7-8-16(13-17)15(2)23/h5-11,13H,4,12,14H2,1-3H3,(H,21,24). The highest BCUT2D eigenvalue weighted by Crippen LogP contribution is 2.23. The van der Waals surface area contributed by atoms with Crippen molar-refractivity contribution in [3.05, 3.63) is 54.1 Å². The van der Waals surface area contributed by atoms with E-state index < -0.39 is 15.9 Å². The van der Waals surface area contributed by atoms with Crippen LogP contribution in [-0.4, -0.2) is 44.6 Å². The predicted molar refractivity (Wildman–Crippen MR) is 107 cm³/mol. The maximum Gasteiger partial charge on any atom is 0.243 e. The first-order valence-corrected chi connectivity index (χ1v) is 10.3. The van der Waals surface area contributed by atoms with Crippen molar-refractivity contribution in [1.29, 1.82) is 0 Å². The van der Waals surface area contributed by atoms with Gasteiger partial charge in [-0.15, -0.1) is 0 Å². The van der Waals surface area contributed by atoms with Crippen LogP contribution in [-0.2, 0) is 14.8 Å². The van der Waals surface area contributed by atoms with Crippen LogP contribution >= 0.6 is 0 Å².